The number of aromatic amines is 1. The van der Waals surface area contributed by atoms with Gasteiger partial charge in [-0.1, -0.05) is 0 Å². The van der Waals surface area contributed by atoms with Gasteiger partial charge in [0, 0.05) is 29.3 Å². The second-order valence-corrected chi connectivity index (χ2v) is 4.09. The Kier molecular flexibility index (Phi) is 3.19. The number of rotatable bonds is 3. The summed E-state index contributed by atoms with van der Waals surface area (Å²) < 4.78 is 62.6. The number of nitro groups is 1. The molecule has 0 atom stereocenters. The molecule has 5 nitrogen and oxygen atoms in total. The van der Waals surface area contributed by atoms with Crippen LogP contribution in [0, 0.1) is 10.1 Å². The van der Waals surface area contributed by atoms with Crippen molar-refractivity contribution in [2.24, 2.45) is 0 Å². The zero-order chi connectivity index (χ0) is 16.0. The molecule has 0 fully saturated rings. The fourth-order valence-corrected chi connectivity index (χ4v) is 1.71. The number of nitrogens with one attached hydrogen (secondary N) is 1. The van der Waals surface area contributed by atoms with Crippen LogP contribution in [0.1, 0.15) is 10.4 Å². The van der Waals surface area contributed by atoms with Crippen LogP contribution in [0.3, 0.4) is 0 Å². The third-order valence-electron chi connectivity index (χ3n) is 2.76. The van der Waals surface area contributed by atoms with E-state index >= 15 is 0 Å². The number of fused-ring (bicyclic) bond motifs is 1. The van der Waals surface area contributed by atoms with Crippen LogP contribution in [0.5, 0.6) is 0 Å². The monoisotopic (exact) mass is 308 g/mol. The van der Waals surface area contributed by atoms with Gasteiger partial charge in [-0.25, -0.2) is 0 Å². The maximum Gasteiger partial charge on any atom is 0.461 e. The van der Waals surface area contributed by atoms with Crippen LogP contribution in [0.15, 0.2) is 24.4 Å². The molecule has 0 unspecified atom stereocenters. The van der Waals surface area contributed by atoms with Crippen LogP contribution in [0.4, 0.5) is 27.6 Å². The third kappa shape index (κ3) is 2.32. The van der Waals surface area contributed by atoms with Gasteiger partial charge in [0.2, 0.25) is 5.78 Å². The lowest BCUT2D eigenvalue weighted by Crippen LogP contribution is -2.44. The second kappa shape index (κ2) is 4.50. The van der Waals surface area contributed by atoms with Gasteiger partial charge in [-0.3, -0.25) is 14.9 Å². The molecule has 0 amide bonds. The average Bonchev–Trinajstić information content (AvgIpc) is 2.78. The van der Waals surface area contributed by atoms with E-state index in [0.29, 0.717) is 6.20 Å². The highest BCUT2D eigenvalue weighted by Gasteiger charge is 2.63. The van der Waals surface area contributed by atoms with E-state index in [4.69, 9.17) is 0 Å². The Morgan fingerprint density at radius 3 is 2.33 bits per heavy atom. The average molecular weight is 308 g/mol. The quantitative estimate of drug-likeness (QED) is 0.408. The van der Waals surface area contributed by atoms with Crippen molar-refractivity contribution in [3.63, 3.8) is 0 Å². The number of aromatic nitrogens is 1. The fraction of sp³-hybridized carbons (Fsp3) is 0.182. The summed E-state index contributed by atoms with van der Waals surface area (Å²) in [5.74, 6) is -7.96. The van der Waals surface area contributed by atoms with Gasteiger partial charge in [0.25, 0.3) is 5.69 Å². The number of benzene rings is 1. The van der Waals surface area contributed by atoms with E-state index in [1.807, 2.05) is 0 Å². The number of nitrogens with zero attached hydrogens (tertiary/aromatic N) is 1. The number of non-ortho nitro benzene ring substituents is 1. The van der Waals surface area contributed by atoms with Crippen molar-refractivity contribution in [1.82, 2.24) is 4.98 Å². The number of H-pyrrole nitrogens is 1. The Morgan fingerprint density at radius 1 is 1.19 bits per heavy atom. The second-order valence-electron chi connectivity index (χ2n) is 4.09. The number of nitro benzene ring substituents is 1. The van der Waals surface area contributed by atoms with E-state index in [1.165, 1.54) is 0 Å². The molecule has 2 rings (SSSR count). The zero-order valence-electron chi connectivity index (χ0n) is 9.87. The molecule has 0 aliphatic rings. The van der Waals surface area contributed by atoms with Crippen molar-refractivity contribution in [2.75, 3.05) is 0 Å². The maximum absolute atomic E-state index is 13.0. The normalized spacial score (nSPS) is 12.6. The fourth-order valence-electron chi connectivity index (χ4n) is 1.71. The number of alkyl halides is 5. The number of carbonyl (C=O) groups excluding carboxylic acids is 1. The number of halogens is 5. The number of carbonyl (C=O) groups is 1. The molecule has 1 aromatic heterocycles. The molecule has 112 valence electrons. The maximum atomic E-state index is 13.0. The molecular weight excluding hydrogens is 303 g/mol. The Morgan fingerprint density at radius 2 is 1.81 bits per heavy atom. The van der Waals surface area contributed by atoms with Crippen molar-refractivity contribution < 1.29 is 31.7 Å². The summed E-state index contributed by atoms with van der Waals surface area (Å²) in [4.78, 5) is 23.4. The molecule has 0 aliphatic heterocycles. The van der Waals surface area contributed by atoms with E-state index < -0.39 is 34.1 Å². The standard InChI is InChI=1S/C11H5F5N2O3/c12-10(13,11(14,15)16)9(19)7-4-17-8-3-5(18(20)21)1-2-6(7)8/h1-4,17H. The summed E-state index contributed by atoms with van der Waals surface area (Å²) in [6.07, 6.45) is -5.36. The molecule has 1 heterocycles. The predicted octanol–water partition coefficient (Wildman–Crippen LogP) is 3.46. The number of hydrogen-bond acceptors (Lipinski definition) is 3. The summed E-state index contributed by atoms with van der Waals surface area (Å²) >= 11 is 0. The number of ketones is 1. The first-order chi connectivity index (χ1) is 9.55. The minimum Gasteiger partial charge on any atom is -0.360 e. The van der Waals surface area contributed by atoms with E-state index in [0.717, 1.165) is 18.2 Å². The van der Waals surface area contributed by atoms with Gasteiger partial charge in [-0.2, -0.15) is 22.0 Å². The van der Waals surface area contributed by atoms with Crippen LogP contribution in [0.2, 0.25) is 0 Å². The Labute approximate surface area is 112 Å². The largest absolute Gasteiger partial charge is 0.461 e. The molecule has 0 saturated carbocycles. The summed E-state index contributed by atoms with van der Waals surface area (Å²) in [6.45, 7) is 0. The first kappa shape index (κ1) is 14.9. The molecule has 21 heavy (non-hydrogen) atoms. The molecule has 0 bridgehead atoms. The van der Waals surface area contributed by atoms with Gasteiger partial charge >= 0.3 is 12.1 Å². The van der Waals surface area contributed by atoms with Crippen LogP contribution >= 0.6 is 0 Å². The van der Waals surface area contributed by atoms with Crippen LogP contribution in [-0.2, 0) is 0 Å². The van der Waals surface area contributed by atoms with Crippen LogP contribution in [0.25, 0.3) is 10.9 Å². The minimum atomic E-state index is -6.02. The third-order valence-corrected chi connectivity index (χ3v) is 2.76. The van der Waals surface area contributed by atoms with Crippen molar-refractivity contribution in [2.45, 2.75) is 12.1 Å². The molecule has 1 aromatic carbocycles. The van der Waals surface area contributed by atoms with Gasteiger partial charge < -0.3 is 4.98 Å². The molecular formula is C11H5F5N2O3. The summed E-state index contributed by atoms with van der Waals surface area (Å²) in [5, 5.41) is 10.3. The predicted molar refractivity (Wildman–Crippen MR) is 60.3 cm³/mol. The first-order valence-electron chi connectivity index (χ1n) is 5.30. The summed E-state index contributed by atoms with van der Waals surface area (Å²) in [5.41, 5.74) is -1.38. The number of hydrogen-bond donors (Lipinski definition) is 1. The van der Waals surface area contributed by atoms with E-state index in [9.17, 15) is 36.9 Å². The highest BCUT2D eigenvalue weighted by Crippen LogP contribution is 2.39. The molecule has 2 aromatic rings. The number of Topliss-reactive ketones (excluding diaryl/α,β-unsaturated/α-hetero) is 1. The lowest BCUT2D eigenvalue weighted by molar-refractivity contribution is -0.384. The Balaban J connectivity index is 2.54. The summed E-state index contributed by atoms with van der Waals surface area (Å²) in [7, 11) is 0. The van der Waals surface area contributed by atoms with Gasteiger partial charge in [-0.15, -0.1) is 0 Å². The zero-order valence-corrected chi connectivity index (χ0v) is 9.87. The van der Waals surface area contributed by atoms with E-state index in [-0.39, 0.29) is 10.9 Å². The highest BCUT2D eigenvalue weighted by molar-refractivity contribution is 6.11. The Hall–Kier alpha value is -2.52. The van der Waals surface area contributed by atoms with Crippen LogP contribution in [-0.4, -0.2) is 27.8 Å². The van der Waals surface area contributed by atoms with Crippen molar-refractivity contribution >= 4 is 22.4 Å². The van der Waals surface area contributed by atoms with Gasteiger partial charge in [-0.05, 0) is 6.07 Å². The Bertz CT molecular complexity index is 735. The van der Waals surface area contributed by atoms with Crippen LogP contribution < -0.4 is 0 Å². The molecule has 0 aliphatic carbocycles. The molecule has 0 saturated heterocycles. The van der Waals surface area contributed by atoms with Gasteiger partial charge in [0.15, 0.2) is 0 Å². The smallest absolute Gasteiger partial charge is 0.360 e. The van der Waals surface area contributed by atoms with Gasteiger partial charge in [0.1, 0.15) is 0 Å². The SMILES string of the molecule is O=C(c1c[nH]c2cc([N+](=O)[O-])ccc12)C(F)(F)C(F)(F)F. The van der Waals surface area contributed by atoms with E-state index in [2.05, 4.69) is 4.98 Å². The lowest BCUT2D eigenvalue weighted by Gasteiger charge is -2.17. The van der Waals surface area contributed by atoms with E-state index in [1.54, 1.807) is 0 Å². The minimum absolute atomic E-state index is 0.0921. The van der Waals surface area contributed by atoms with Crippen molar-refractivity contribution in [1.29, 1.82) is 0 Å². The molecule has 0 radical (unpaired) electrons. The van der Waals surface area contributed by atoms with Crippen molar-refractivity contribution in [3.05, 3.63) is 40.1 Å². The topological polar surface area (TPSA) is 76.0 Å². The summed E-state index contributed by atoms with van der Waals surface area (Å²) in [6, 6.07) is 2.76. The van der Waals surface area contributed by atoms with Crippen molar-refractivity contribution in [3.8, 4) is 0 Å². The first-order valence-corrected chi connectivity index (χ1v) is 5.30. The lowest BCUT2D eigenvalue weighted by atomic mass is 10.0. The highest BCUT2D eigenvalue weighted by atomic mass is 19.4. The molecule has 10 heteroatoms. The molecule has 1 N–H and O–H groups in total. The van der Waals surface area contributed by atoms with Gasteiger partial charge in [0.05, 0.1) is 10.4 Å². The molecule has 0 spiro atoms.